The molecule has 2 aliphatic rings. The second-order valence-corrected chi connectivity index (χ2v) is 11.3. The van der Waals surface area contributed by atoms with E-state index >= 15 is 0 Å². The number of para-hydroxylation sites is 1. The molecule has 1 fully saturated rings. The number of nitrogens with two attached hydrogens (primary N) is 1. The zero-order valence-corrected chi connectivity index (χ0v) is 22.7. The number of anilines is 1. The van der Waals surface area contributed by atoms with E-state index in [0.717, 1.165) is 35.2 Å². The van der Waals surface area contributed by atoms with Crippen LogP contribution in [-0.4, -0.2) is 24.3 Å². The fraction of sp³-hybridized carbons (Fsp3) is 0.469. The lowest BCUT2D eigenvalue weighted by atomic mass is 9.82. The molecule has 0 radical (unpaired) electrons. The molecule has 38 heavy (non-hydrogen) atoms. The van der Waals surface area contributed by atoms with Gasteiger partial charge in [-0.05, 0) is 54.7 Å². The number of amides is 3. The van der Waals surface area contributed by atoms with Crippen LogP contribution in [0.2, 0.25) is 0 Å². The Morgan fingerprint density at radius 2 is 1.68 bits per heavy atom. The molecule has 2 aromatic carbocycles. The van der Waals surface area contributed by atoms with Crippen molar-refractivity contribution < 1.29 is 14.4 Å². The van der Waals surface area contributed by atoms with E-state index in [2.05, 4.69) is 11.9 Å². The van der Waals surface area contributed by atoms with Crippen LogP contribution < -0.4 is 16.0 Å². The molecule has 0 spiro atoms. The number of rotatable bonds is 10. The van der Waals surface area contributed by atoms with Gasteiger partial charge in [0.1, 0.15) is 6.04 Å². The molecule has 0 aromatic heterocycles. The van der Waals surface area contributed by atoms with E-state index in [9.17, 15) is 14.4 Å². The lowest BCUT2D eigenvalue weighted by Crippen LogP contribution is -2.48. The molecule has 4 rings (SSSR count). The van der Waals surface area contributed by atoms with Crippen LogP contribution in [0.25, 0.3) is 11.1 Å². The highest BCUT2D eigenvalue weighted by Gasteiger charge is 2.39. The third kappa shape index (κ3) is 6.01. The Bertz CT molecular complexity index is 1170. The highest BCUT2D eigenvalue weighted by Crippen LogP contribution is 2.41. The van der Waals surface area contributed by atoms with Crippen LogP contribution in [0, 0.1) is 23.7 Å². The number of nitrogens with zero attached hydrogens (tertiary/aromatic N) is 1. The van der Waals surface area contributed by atoms with Gasteiger partial charge in [-0.25, -0.2) is 0 Å². The molecule has 0 saturated heterocycles. The van der Waals surface area contributed by atoms with Crippen LogP contribution >= 0.6 is 0 Å². The highest BCUT2D eigenvalue weighted by molar-refractivity contribution is 6.06. The number of benzene rings is 2. The minimum absolute atomic E-state index is 0.135. The fourth-order valence-corrected chi connectivity index (χ4v) is 6.16. The monoisotopic (exact) mass is 515 g/mol. The molecule has 6 heteroatoms. The second-order valence-electron chi connectivity index (χ2n) is 11.3. The molecule has 202 valence electrons. The van der Waals surface area contributed by atoms with Crippen molar-refractivity contribution in [1.29, 1.82) is 0 Å². The maximum Gasteiger partial charge on any atom is 0.254 e. The molecule has 1 aliphatic carbocycles. The lowest BCUT2D eigenvalue weighted by molar-refractivity contribution is -0.136. The van der Waals surface area contributed by atoms with E-state index in [1.807, 2.05) is 67.3 Å². The number of carbonyl (C=O) groups is 3. The zero-order valence-electron chi connectivity index (χ0n) is 22.7. The summed E-state index contributed by atoms with van der Waals surface area (Å²) in [4.78, 5) is 42.5. The Hall–Kier alpha value is -3.41. The predicted molar refractivity (Wildman–Crippen MR) is 152 cm³/mol. The molecular weight excluding hydrogens is 474 g/mol. The Labute approximate surface area is 226 Å². The van der Waals surface area contributed by atoms with E-state index in [0.29, 0.717) is 25.3 Å². The third-order valence-electron chi connectivity index (χ3n) is 8.06. The summed E-state index contributed by atoms with van der Waals surface area (Å²) in [5.41, 5.74) is 9.32. The van der Waals surface area contributed by atoms with Crippen LogP contribution in [-0.2, 0) is 14.4 Å². The fourth-order valence-electron chi connectivity index (χ4n) is 6.16. The van der Waals surface area contributed by atoms with Gasteiger partial charge in [-0.3, -0.25) is 14.4 Å². The minimum Gasteiger partial charge on any atom is -0.369 e. The van der Waals surface area contributed by atoms with E-state index in [1.165, 1.54) is 19.3 Å². The van der Waals surface area contributed by atoms with E-state index < -0.39 is 23.8 Å². The summed E-state index contributed by atoms with van der Waals surface area (Å²) in [6, 6.07) is 15.0. The summed E-state index contributed by atoms with van der Waals surface area (Å²) in [5.74, 6) is -1.71. The van der Waals surface area contributed by atoms with Gasteiger partial charge in [-0.15, -0.1) is 6.58 Å². The van der Waals surface area contributed by atoms with E-state index in [-0.39, 0.29) is 17.7 Å². The van der Waals surface area contributed by atoms with Gasteiger partial charge >= 0.3 is 0 Å². The molecule has 3 atom stereocenters. The van der Waals surface area contributed by atoms with Crippen molar-refractivity contribution in [3.63, 3.8) is 0 Å². The number of primary amides is 1. The second kappa shape index (κ2) is 12.4. The molecule has 6 nitrogen and oxygen atoms in total. The van der Waals surface area contributed by atoms with Crippen LogP contribution in [0.1, 0.15) is 70.4 Å². The number of carbonyl (C=O) groups excluding carboxylic acids is 3. The van der Waals surface area contributed by atoms with Gasteiger partial charge in [0.15, 0.2) is 0 Å². The van der Waals surface area contributed by atoms with Crippen molar-refractivity contribution in [2.75, 3.05) is 11.4 Å². The Kier molecular flexibility index (Phi) is 9.03. The summed E-state index contributed by atoms with van der Waals surface area (Å²) >= 11 is 0. The average Bonchev–Trinajstić information content (AvgIpc) is 3.00. The van der Waals surface area contributed by atoms with Crippen molar-refractivity contribution in [3.8, 4) is 11.1 Å². The molecule has 1 saturated carbocycles. The van der Waals surface area contributed by atoms with Gasteiger partial charge in [0.05, 0.1) is 17.5 Å². The van der Waals surface area contributed by atoms with Crippen molar-refractivity contribution >= 4 is 23.4 Å². The standard InChI is InChI=1S/C32H41N3O3/c1-4-12-26(30(33)36)27(19-21(2)3)31(37)34-29-25-17-9-8-15-23(25)24-16-10-11-18-28(24)35(32(29)38)20-22-13-6-5-7-14-22/h4,8-11,15-18,21-22,26-27,29H,1,5-7,12-14,19-20H2,2-3H3,(H2,33,36)(H,34,37)/t26-,27+,29?/m0/s1. The Morgan fingerprint density at radius 1 is 1.03 bits per heavy atom. The number of allylic oxidation sites excluding steroid dienone is 1. The summed E-state index contributed by atoms with van der Waals surface area (Å²) < 4.78 is 0. The van der Waals surface area contributed by atoms with E-state index in [4.69, 9.17) is 5.73 Å². The summed E-state index contributed by atoms with van der Waals surface area (Å²) in [6.07, 6.45) is 8.25. The van der Waals surface area contributed by atoms with Crippen molar-refractivity contribution in [3.05, 3.63) is 66.7 Å². The zero-order chi connectivity index (χ0) is 27.2. The smallest absolute Gasteiger partial charge is 0.254 e. The number of nitrogens with one attached hydrogen (secondary N) is 1. The van der Waals surface area contributed by atoms with Crippen molar-refractivity contribution in [1.82, 2.24) is 5.32 Å². The summed E-state index contributed by atoms with van der Waals surface area (Å²) in [7, 11) is 0. The molecule has 1 aliphatic heterocycles. The molecule has 3 N–H and O–H groups in total. The number of fused-ring (bicyclic) bond motifs is 3. The maximum absolute atomic E-state index is 14.4. The Morgan fingerprint density at radius 3 is 2.34 bits per heavy atom. The molecule has 0 bridgehead atoms. The minimum atomic E-state index is -0.860. The molecule has 1 heterocycles. The molecule has 1 unspecified atom stereocenters. The maximum atomic E-state index is 14.4. The van der Waals surface area contributed by atoms with Gasteiger partial charge in [-0.2, -0.15) is 0 Å². The Balaban J connectivity index is 1.74. The van der Waals surface area contributed by atoms with Crippen LogP contribution in [0.15, 0.2) is 61.2 Å². The SMILES string of the molecule is C=CC[C@H](C(N)=O)[C@@H](CC(C)C)C(=O)NC1C(=O)N(CC2CCCCC2)c2ccccc2-c2ccccc21. The third-order valence-corrected chi connectivity index (χ3v) is 8.06. The predicted octanol–water partition coefficient (Wildman–Crippen LogP) is 5.78. The van der Waals surface area contributed by atoms with Gasteiger partial charge in [0.25, 0.3) is 5.91 Å². The van der Waals surface area contributed by atoms with Crippen LogP contribution in [0.5, 0.6) is 0 Å². The van der Waals surface area contributed by atoms with Gasteiger partial charge in [0, 0.05) is 12.1 Å². The number of hydrogen-bond acceptors (Lipinski definition) is 3. The van der Waals surface area contributed by atoms with Gasteiger partial charge in [0.2, 0.25) is 11.8 Å². The van der Waals surface area contributed by atoms with E-state index in [1.54, 1.807) is 6.08 Å². The molecule has 2 aromatic rings. The van der Waals surface area contributed by atoms with Gasteiger partial charge < -0.3 is 16.0 Å². The first kappa shape index (κ1) is 27.6. The van der Waals surface area contributed by atoms with Crippen LogP contribution in [0.4, 0.5) is 5.69 Å². The molecule has 3 amide bonds. The highest BCUT2D eigenvalue weighted by atomic mass is 16.2. The quantitative estimate of drug-likeness (QED) is 0.393. The largest absolute Gasteiger partial charge is 0.369 e. The first-order chi connectivity index (χ1) is 18.3. The van der Waals surface area contributed by atoms with Crippen LogP contribution in [0.3, 0.4) is 0 Å². The number of hydrogen-bond donors (Lipinski definition) is 2. The lowest BCUT2D eigenvalue weighted by Gasteiger charge is -2.33. The normalized spacial score (nSPS) is 19.2. The van der Waals surface area contributed by atoms with Crippen molar-refractivity contribution in [2.24, 2.45) is 29.4 Å². The topological polar surface area (TPSA) is 92.5 Å². The summed E-state index contributed by atoms with van der Waals surface area (Å²) in [5, 5.41) is 3.09. The average molecular weight is 516 g/mol. The molecular formula is C32H41N3O3. The first-order valence-corrected chi connectivity index (χ1v) is 14.0. The first-order valence-electron chi connectivity index (χ1n) is 14.0. The van der Waals surface area contributed by atoms with Crippen molar-refractivity contribution in [2.45, 2.75) is 64.8 Å². The summed E-state index contributed by atoms with van der Waals surface area (Å²) in [6.45, 7) is 8.42. The van der Waals surface area contributed by atoms with Gasteiger partial charge in [-0.1, -0.05) is 81.7 Å².